The standard InChI is InChI=1S/C9H11F3N2/c1-7-3-4-13-8(5-7)14(2)6-9(10,11)12/h3-5H,6H2,1-2H3. The zero-order chi connectivity index (χ0) is 10.8. The van der Waals surface area contributed by atoms with Crippen LogP contribution in [0.5, 0.6) is 0 Å². The molecule has 1 rings (SSSR count). The van der Waals surface area contributed by atoms with Gasteiger partial charge in [0.05, 0.1) is 0 Å². The van der Waals surface area contributed by atoms with Gasteiger partial charge in [-0.15, -0.1) is 0 Å². The minimum absolute atomic E-state index is 0.335. The average molecular weight is 204 g/mol. The summed E-state index contributed by atoms with van der Waals surface area (Å²) in [4.78, 5) is 4.93. The molecule has 2 nitrogen and oxygen atoms in total. The molecule has 5 heteroatoms. The van der Waals surface area contributed by atoms with Gasteiger partial charge >= 0.3 is 6.18 Å². The van der Waals surface area contributed by atoms with Gasteiger partial charge in [0, 0.05) is 13.2 Å². The zero-order valence-electron chi connectivity index (χ0n) is 7.97. The van der Waals surface area contributed by atoms with E-state index in [2.05, 4.69) is 4.98 Å². The molecule has 1 aromatic heterocycles. The third kappa shape index (κ3) is 3.24. The summed E-state index contributed by atoms with van der Waals surface area (Å²) in [7, 11) is 1.37. The number of pyridine rings is 1. The van der Waals surface area contributed by atoms with E-state index in [-0.39, 0.29) is 0 Å². The molecule has 0 spiro atoms. The maximum Gasteiger partial charge on any atom is 0.405 e. The van der Waals surface area contributed by atoms with Crippen LogP contribution in [0.4, 0.5) is 19.0 Å². The summed E-state index contributed by atoms with van der Waals surface area (Å²) >= 11 is 0. The Morgan fingerprint density at radius 3 is 2.57 bits per heavy atom. The van der Waals surface area contributed by atoms with E-state index in [9.17, 15) is 13.2 Å². The van der Waals surface area contributed by atoms with Gasteiger partial charge in [-0.05, 0) is 24.6 Å². The van der Waals surface area contributed by atoms with Crippen LogP contribution in [0.25, 0.3) is 0 Å². The van der Waals surface area contributed by atoms with E-state index in [1.807, 2.05) is 6.92 Å². The summed E-state index contributed by atoms with van der Waals surface area (Å²) in [6.07, 6.45) is -2.70. The molecule has 0 radical (unpaired) electrons. The SMILES string of the molecule is Cc1ccnc(N(C)CC(F)(F)F)c1. The fourth-order valence-electron chi connectivity index (χ4n) is 1.08. The van der Waals surface area contributed by atoms with E-state index < -0.39 is 12.7 Å². The summed E-state index contributed by atoms with van der Waals surface area (Å²) in [5.74, 6) is 0.335. The minimum atomic E-state index is -4.19. The second kappa shape index (κ2) is 3.86. The van der Waals surface area contributed by atoms with Gasteiger partial charge in [0.1, 0.15) is 12.4 Å². The van der Waals surface area contributed by atoms with Crippen molar-refractivity contribution < 1.29 is 13.2 Å². The molecule has 0 unspecified atom stereocenters. The summed E-state index contributed by atoms with van der Waals surface area (Å²) in [6, 6.07) is 3.36. The van der Waals surface area contributed by atoms with Crippen LogP contribution in [-0.2, 0) is 0 Å². The molecule has 0 bridgehead atoms. The molecule has 0 amide bonds. The molecule has 14 heavy (non-hydrogen) atoms. The van der Waals surface area contributed by atoms with E-state index in [0.29, 0.717) is 5.82 Å². The highest BCUT2D eigenvalue weighted by Gasteiger charge is 2.29. The Morgan fingerprint density at radius 1 is 1.43 bits per heavy atom. The molecule has 78 valence electrons. The molecule has 0 aliphatic rings. The number of hydrogen-bond acceptors (Lipinski definition) is 2. The molecular weight excluding hydrogens is 193 g/mol. The highest BCUT2D eigenvalue weighted by Crippen LogP contribution is 2.19. The van der Waals surface area contributed by atoms with Crippen LogP contribution >= 0.6 is 0 Å². The summed E-state index contributed by atoms with van der Waals surface area (Å²) in [5, 5.41) is 0. The van der Waals surface area contributed by atoms with Crippen molar-refractivity contribution in [2.75, 3.05) is 18.5 Å². The topological polar surface area (TPSA) is 16.1 Å². The molecule has 0 aliphatic carbocycles. The molecule has 0 saturated carbocycles. The molecule has 1 aromatic rings. The third-order valence-corrected chi connectivity index (χ3v) is 1.71. The predicted molar refractivity (Wildman–Crippen MR) is 48.3 cm³/mol. The van der Waals surface area contributed by atoms with Gasteiger partial charge in [0.15, 0.2) is 0 Å². The second-order valence-electron chi connectivity index (χ2n) is 3.16. The van der Waals surface area contributed by atoms with Crippen LogP contribution in [0.2, 0.25) is 0 Å². The van der Waals surface area contributed by atoms with Crippen LogP contribution in [0.3, 0.4) is 0 Å². The normalized spacial score (nSPS) is 11.5. The van der Waals surface area contributed by atoms with E-state index >= 15 is 0 Å². The molecule has 1 heterocycles. The van der Waals surface area contributed by atoms with E-state index in [4.69, 9.17) is 0 Å². The first-order valence-corrected chi connectivity index (χ1v) is 4.09. The van der Waals surface area contributed by atoms with Crippen molar-refractivity contribution in [3.63, 3.8) is 0 Å². The molecular formula is C9H11F3N2. The van der Waals surface area contributed by atoms with Crippen molar-refractivity contribution in [2.24, 2.45) is 0 Å². The number of aromatic nitrogens is 1. The zero-order valence-corrected chi connectivity index (χ0v) is 7.97. The Morgan fingerprint density at radius 2 is 2.07 bits per heavy atom. The van der Waals surface area contributed by atoms with E-state index in [0.717, 1.165) is 10.5 Å². The Kier molecular flexibility index (Phi) is 2.98. The lowest BCUT2D eigenvalue weighted by molar-refractivity contribution is -0.119. The van der Waals surface area contributed by atoms with Crippen LogP contribution in [0, 0.1) is 6.92 Å². The monoisotopic (exact) mass is 204 g/mol. The van der Waals surface area contributed by atoms with Crippen LogP contribution < -0.4 is 4.90 Å². The summed E-state index contributed by atoms with van der Waals surface area (Å²) in [5.41, 5.74) is 0.893. The number of halogens is 3. The Balaban J connectivity index is 2.74. The number of aryl methyl sites for hydroxylation is 1. The molecule has 0 aromatic carbocycles. The fraction of sp³-hybridized carbons (Fsp3) is 0.444. The fourth-order valence-corrected chi connectivity index (χ4v) is 1.08. The van der Waals surface area contributed by atoms with Crippen molar-refractivity contribution in [1.29, 1.82) is 0 Å². The quantitative estimate of drug-likeness (QED) is 0.735. The van der Waals surface area contributed by atoms with Crippen molar-refractivity contribution >= 4 is 5.82 Å². The Bertz CT molecular complexity index is 309. The predicted octanol–water partition coefficient (Wildman–Crippen LogP) is 2.39. The molecule has 0 saturated heterocycles. The largest absolute Gasteiger partial charge is 0.405 e. The maximum absolute atomic E-state index is 12.0. The van der Waals surface area contributed by atoms with Gasteiger partial charge in [-0.2, -0.15) is 13.2 Å². The highest BCUT2D eigenvalue weighted by atomic mass is 19.4. The summed E-state index contributed by atoms with van der Waals surface area (Å²) in [6.45, 7) is 0.829. The average Bonchev–Trinajstić information content (AvgIpc) is 2.01. The van der Waals surface area contributed by atoms with Crippen LogP contribution in [0.15, 0.2) is 18.3 Å². The van der Waals surface area contributed by atoms with Gasteiger partial charge in [-0.3, -0.25) is 0 Å². The summed E-state index contributed by atoms with van der Waals surface area (Å²) < 4.78 is 36.1. The van der Waals surface area contributed by atoms with Crippen molar-refractivity contribution in [3.8, 4) is 0 Å². The maximum atomic E-state index is 12.0. The second-order valence-corrected chi connectivity index (χ2v) is 3.16. The Labute approximate surface area is 80.4 Å². The number of anilines is 1. The van der Waals surface area contributed by atoms with E-state index in [1.54, 1.807) is 12.1 Å². The van der Waals surface area contributed by atoms with Crippen molar-refractivity contribution in [2.45, 2.75) is 13.1 Å². The first-order chi connectivity index (χ1) is 6.38. The van der Waals surface area contributed by atoms with Gasteiger partial charge < -0.3 is 4.90 Å². The lowest BCUT2D eigenvalue weighted by atomic mass is 10.3. The molecule has 0 N–H and O–H groups in total. The van der Waals surface area contributed by atoms with Crippen molar-refractivity contribution in [1.82, 2.24) is 4.98 Å². The van der Waals surface area contributed by atoms with Gasteiger partial charge in [-0.1, -0.05) is 0 Å². The minimum Gasteiger partial charge on any atom is -0.351 e. The first kappa shape index (κ1) is 10.8. The van der Waals surface area contributed by atoms with Gasteiger partial charge in [-0.25, -0.2) is 4.98 Å². The molecule has 0 fully saturated rings. The smallest absolute Gasteiger partial charge is 0.351 e. The molecule has 0 atom stereocenters. The number of alkyl halides is 3. The van der Waals surface area contributed by atoms with Crippen LogP contribution in [-0.4, -0.2) is 24.8 Å². The van der Waals surface area contributed by atoms with Gasteiger partial charge in [0.25, 0.3) is 0 Å². The van der Waals surface area contributed by atoms with Crippen molar-refractivity contribution in [3.05, 3.63) is 23.9 Å². The molecule has 0 aliphatic heterocycles. The highest BCUT2D eigenvalue weighted by molar-refractivity contribution is 5.39. The number of rotatable bonds is 2. The third-order valence-electron chi connectivity index (χ3n) is 1.71. The van der Waals surface area contributed by atoms with Gasteiger partial charge in [0.2, 0.25) is 0 Å². The Hall–Kier alpha value is -1.26. The lowest BCUT2D eigenvalue weighted by Gasteiger charge is -2.19. The first-order valence-electron chi connectivity index (χ1n) is 4.09. The number of hydrogen-bond donors (Lipinski definition) is 0. The lowest BCUT2D eigenvalue weighted by Crippen LogP contribution is -2.31. The number of nitrogens with zero attached hydrogens (tertiary/aromatic N) is 2. The van der Waals surface area contributed by atoms with Crippen LogP contribution in [0.1, 0.15) is 5.56 Å². The van der Waals surface area contributed by atoms with E-state index in [1.165, 1.54) is 13.2 Å².